The fourth-order valence-electron chi connectivity index (χ4n) is 1.75. The van der Waals surface area contributed by atoms with Crippen molar-refractivity contribution in [1.29, 1.82) is 0 Å². The first kappa shape index (κ1) is 13.7. The van der Waals surface area contributed by atoms with E-state index in [0.29, 0.717) is 5.69 Å². The van der Waals surface area contributed by atoms with Gasteiger partial charge in [0.1, 0.15) is 17.5 Å². The first-order chi connectivity index (χ1) is 8.95. The predicted octanol–water partition coefficient (Wildman–Crippen LogP) is 4.93. The standard InChI is InChI=1S/C14H11ClF3N/c1-8(9-2-3-14(18)13(15)4-9)19-12-6-10(16)5-11(17)7-12/h2-8,19H,1H3. The van der Waals surface area contributed by atoms with Crippen LogP contribution in [0.5, 0.6) is 0 Å². The van der Waals surface area contributed by atoms with Crippen LogP contribution in [-0.2, 0) is 0 Å². The van der Waals surface area contributed by atoms with Gasteiger partial charge in [0, 0.05) is 17.8 Å². The zero-order valence-corrected chi connectivity index (χ0v) is 10.8. The predicted molar refractivity (Wildman–Crippen MR) is 69.8 cm³/mol. The van der Waals surface area contributed by atoms with Gasteiger partial charge in [-0.05, 0) is 36.8 Å². The van der Waals surface area contributed by atoms with E-state index in [-0.39, 0.29) is 11.1 Å². The Hall–Kier alpha value is -1.68. The third kappa shape index (κ3) is 3.41. The number of anilines is 1. The number of nitrogens with one attached hydrogen (secondary N) is 1. The van der Waals surface area contributed by atoms with Crippen LogP contribution in [0.25, 0.3) is 0 Å². The molecule has 0 bridgehead atoms. The van der Waals surface area contributed by atoms with Crippen molar-refractivity contribution in [3.05, 3.63) is 64.4 Å². The second-order valence-corrected chi connectivity index (χ2v) is 4.60. The molecule has 0 amide bonds. The summed E-state index contributed by atoms with van der Waals surface area (Å²) in [5.74, 6) is -1.83. The number of rotatable bonds is 3. The van der Waals surface area contributed by atoms with E-state index in [2.05, 4.69) is 5.32 Å². The summed E-state index contributed by atoms with van der Waals surface area (Å²) >= 11 is 5.69. The Morgan fingerprint density at radius 3 is 2.21 bits per heavy atom. The van der Waals surface area contributed by atoms with Crippen molar-refractivity contribution in [2.45, 2.75) is 13.0 Å². The molecule has 2 rings (SSSR count). The summed E-state index contributed by atoms with van der Waals surface area (Å²) in [6.45, 7) is 1.78. The maximum absolute atomic E-state index is 13.0. The molecule has 0 saturated carbocycles. The van der Waals surface area contributed by atoms with Gasteiger partial charge in [0.2, 0.25) is 0 Å². The minimum Gasteiger partial charge on any atom is -0.378 e. The number of halogens is 4. The summed E-state index contributed by atoms with van der Waals surface area (Å²) in [6, 6.07) is 7.19. The third-order valence-electron chi connectivity index (χ3n) is 2.69. The van der Waals surface area contributed by atoms with Crippen molar-refractivity contribution >= 4 is 17.3 Å². The fourth-order valence-corrected chi connectivity index (χ4v) is 1.94. The van der Waals surface area contributed by atoms with E-state index in [1.54, 1.807) is 13.0 Å². The average molecular weight is 286 g/mol. The van der Waals surface area contributed by atoms with E-state index in [1.165, 1.54) is 24.3 Å². The Morgan fingerprint density at radius 1 is 1.00 bits per heavy atom. The van der Waals surface area contributed by atoms with E-state index < -0.39 is 17.5 Å². The maximum atomic E-state index is 13.0. The highest BCUT2D eigenvalue weighted by Gasteiger charge is 2.09. The molecule has 0 saturated heterocycles. The molecule has 2 aromatic rings. The second kappa shape index (κ2) is 5.53. The monoisotopic (exact) mass is 285 g/mol. The van der Waals surface area contributed by atoms with E-state index in [1.807, 2.05) is 0 Å². The minimum atomic E-state index is -0.660. The van der Waals surface area contributed by atoms with Crippen LogP contribution in [0.2, 0.25) is 5.02 Å². The van der Waals surface area contributed by atoms with Crippen molar-refractivity contribution in [2.24, 2.45) is 0 Å². The van der Waals surface area contributed by atoms with Gasteiger partial charge in [-0.3, -0.25) is 0 Å². The molecule has 0 aromatic heterocycles. The highest BCUT2D eigenvalue weighted by Crippen LogP contribution is 2.24. The SMILES string of the molecule is CC(Nc1cc(F)cc(F)c1)c1ccc(F)c(Cl)c1. The molecule has 19 heavy (non-hydrogen) atoms. The lowest BCUT2D eigenvalue weighted by Crippen LogP contribution is -2.07. The molecule has 1 N–H and O–H groups in total. The maximum Gasteiger partial charge on any atom is 0.141 e. The summed E-state index contributed by atoms with van der Waals surface area (Å²) in [6.07, 6.45) is 0. The molecule has 0 spiro atoms. The summed E-state index contributed by atoms with van der Waals surface area (Å²) in [7, 11) is 0. The zero-order valence-electron chi connectivity index (χ0n) is 10.1. The van der Waals surface area contributed by atoms with Crippen LogP contribution in [-0.4, -0.2) is 0 Å². The molecular formula is C14H11ClF3N. The Labute approximate surface area is 114 Å². The van der Waals surface area contributed by atoms with E-state index in [4.69, 9.17) is 11.6 Å². The summed E-state index contributed by atoms with van der Waals surface area (Å²) in [5.41, 5.74) is 1.03. The van der Waals surface area contributed by atoms with Gasteiger partial charge in [0.25, 0.3) is 0 Å². The largest absolute Gasteiger partial charge is 0.378 e. The smallest absolute Gasteiger partial charge is 0.141 e. The molecule has 0 aliphatic heterocycles. The molecule has 1 atom stereocenters. The lowest BCUT2D eigenvalue weighted by atomic mass is 10.1. The minimum absolute atomic E-state index is 0.0107. The van der Waals surface area contributed by atoms with Gasteiger partial charge in [-0.2, -0.15) is 0 Å². The number of benzene rings is 2. The number of hydrogen-bond donors (Lipinski definition) is 1. The van der Waals surface area contributed by atoms with Gasteiger partial charge in [0.15, 0.2) is 0 Å². The zero-order chi connectivity index (χ0) is 14.0. The average Bonchev–Trinajstić information content (AvgIpc) is 2.31. The molecule has 5 heteroatoms. The van der Waals surface area contributed by atoms with Gasteiger partial charge in [-0.1, -0.05) is 17.7 Å². The van der Waals surface area contributed by atoms with Crippen LogP contribution in [0, 0.1) is 17.5 Å². The molecule has 0 aliphatic carbocycles. The van der Waals surface area contributed by atoms with Crippen LogP contribution in [0.1, 0.15) is 18.5 Å². The first-order valence-electron chi connectivity index (χ1n) is 5.63. The quantitative estimate of drug-likeness (QED) is 0.843. The van der Waals surface area contributed by atoms with Gasteiger partial charge in [-0.15, -0.1) is 0 Å². The topological polar surface area (TPSA) is 12.0 Å². The van der Waals surface area contributed by atoms with E-state index >= 15 is 0 Å². The highest BCUT2D eigenvalue weighted by molar-refractivity contribution is 6.30. The Bertz CT molecular complexity index is 581. The summed E-state index contributed by atoms with van der Waals surface area (Å²) in [4.78, 5) is 0. The summed E-state index contributed by atoms with van der Waals surface area (Å²) < 4.78 is 39.1. The van der Waals surface area contributed by atoms with Crippen molar-refractivity contribution in [3.8, 4) is 0 Å². The molecule has 2 aromatic carbocycles. The Morgan fingerprint density at radius 2 is 1.63 bits per heavy atom. The van der Waals surface area contributed by atoms with Crippen molar-refractivity contribution in [1.82, 2.24) is 0 Å². The van der Waals surface area contributed by atoms with Crippen LogP contribution in [0.4, 0.5) is 18.9 Å². The molecule has 0 radical (unpaired) electrons. The number of hydrogen-bond acceptors (Lipinski definition) is 1. The lowest BCUT2D eigenvalue weighted by Gasteiger charge is -2.16. The first-order valence-corrected chi connectivity index (χ1v) is 6.01. The molecular weight excluding hydrogens is 275 g/mol. The van der Waals surface area contributed by atoms with Crippen molar-refractivity contribution in [3.63, 3.8) is 0 Å². The highest BCUT2D eigenvalue weighted by atomic mass is 35.5. The van der Waals surface area contributed by atoms with Gasteiger partial charge < -0.3 is 5.32 Å². The molecule has 100 valence electrons. The van der Waals surface area contributed by atoms with Crippen molar-refractivity contribution < 1.29 is 13.2 Å². The third-order valence-corrected chi connectivity index (χ3v) is 2.98. The Kier molecular flexibility index (Phi) is 4.00. The lowest BCUT2D eigenvalue weighted by molar-refractivity contribution is 0.583. The van der Waals surface area contributed by atoms with Gasteiger partial charge >= 0.3 is 0 Å². The van der Waals surface area contributed by atoms with E-state index in [9.17, 15) is 13.2 Å². The summed E-state index contributed by atoms with van der Waals surface area (Å²) in [5, 5.41) is 2.94. The van der Waals surface area contributed by atoms with E-state index in [0.717, 1.165) is 11.6 Å². The van der Waals surface area contributed by atoms with Crippen LogP contribution >= 0.6 is 11.6 Å². The molecule has 1 nitrogen and oxygen atoms in total. The van der Waals surface area contributed by atoms with Crippen LogP contribution < -0.4 is 5.32 Å². The molecule has 0 heterocycles. The Balaban J connectivity index is 2.20. The van der Waals surface area contributed by atoms with Gasteiger partial charge in [0.05, 0.1) is 5.02 Å². The second-order valence-electron chi connectivity index (χ2n) is 4.20. The normalized spacial score (nSPS) is 12.3. The fraction of sp³-hybridized carbons (Fsp3) is 0.143. The van der Waals surface area contributed by atoms with Gasteiger partial charge in [-0.25, -0.2) is 13.2 Å². The molecule has 0 fully saturated rings. The van der Waals surface area contributed by atoms with Crippen LogP contribution in [0.15, 0.2) is 36.4 Å². The van der Waals surface area contributed by atoms with Crippen LogP contribution in [0.3, 0.4) is 0 Å². The molecule has 0 aliphatic rings. The van der Waals surface area contributed by atoms with Crippen molar-refractivity contribution in [2.75, 3.05) is 5.32 Å². The molecule has 1 unspecified atom stereocenters.